The lowest BCUT2D eigenvalue weighted by atomic mass is 9.98. The van der Waals surface area contributed by atoms with Gasteiger partial charge in [0, 0.05) is 19.6 Å². The third-order valence-electron chi connectivity index (χ3n) is 3.75. The van der Waals surface area contributed by atoms with Crippen LogP contribution in [0.3, 0.4) is 0 Å². The summed E-state index contributed by atoms with van der Waals surface area (Å²) < 4.78 is 0. The Hall–Kier alpha value is -1.55. The minimum atomic E-state index is 0.0362. The number of benzene rings is 1. The van der Waals surface area contributed by atoms with E-state index in [4.69, 9.17) is 5.11 Å². The lowest BCUT2D eigenvalue weighted by molar-refractivity contribution is -0.120. The smallest absolute Gasteiger partial charge is 0.219 e. The maximum Gasteiger partial charge on any atom is 0.219 e. The number of nitrogens with one attached hydrogen (secondary N) is 1. The summed E-state index contributed by atoms with van der Waals surface area (Å²) in [6, 6.07) is 5.51. The zero-order valence-electron chi connectivity index (χ0n) is 11.2. The largest absolute Gasteiger partial charge is 0.508 e. The molecule has 4 nitrogen and oxygen atoms in total. The molecule has 0 aromatic heterocycles. The molecule has 1 saturated carbocycles. The first-order valence-electron chi connectivity index (χ1n) is 6.85. The first-order chi connectivity index (χ1) is 9.17. The molecular weight excluding hydrogens is 242 g/mol. The van der Waals surface area contributed by atoms with Gasteiger partial charge < -0.3 is 15.5 Å². The number of phenolic OH excluding ortho intramolecular Hbond substituents is 1. The van der Waals surface area contributed by atoms with Gasteiger partial charge in [0.1, 0.15) is 5.75 Å². The van der Waals surface area contributed by atoms with E-state index in [-0.39, 0.29) is 18.3 Å². The van der Waals surface area contributed by atoms with Crippen molar-refractivity contribution in [2.45, 2.75) is 32.1 Å². The Morgan fingerprint density at radius 3 is 2.95 bits per heavy atom. The number of rotatable bonds is 6. The zero-order chi connectivity index (χ0) is 13.8. The van der Waals surface area contributed by atoms with Crippen molar-refractivity contribution in [3.05, 3.63) is 29.3 Å². The van der Waals surface area contributed by atoms with Gasteiger partial charge >= 0.3 is 0 Å². The third kappa shape index (κ3) is 3.26. The average molecular weight is 263 g/mol. The lowest BCUT2D eigenvalue weighted by Crippen LogP contribution is -2.24. The molecule has 2 atom stereocenters. The highest BCUT2D eigenvalue weighted by Crippen LogP contribution is 2.49. The van der Waals surface area contributed by atoms with Crippen LogP contribution < -0.4 is 5.32 Å². The monoisotopic (exact) mass is 263 g/mol. The van der Waals surface area contributed by atoms with Crippen LogP contribution in [0.1, 0.15) is 36.8 Å². The molecular formula is C15H21NO3. The molecule has 1 amide bonds. The van der Waals surface area contributed by atoms with Crippen molar-refractivity contribution in [1.82, 2.24) is 5.32 Å². The molecule has 2 rings (SSSR count). The summed E-state index contributed by atoms with van der Waals surface area (Å²) >= 11 is 0. The van der Waals surface area contributed by atoms with Crippen LogP contribution in [0.25, 0.3) is 0 Å². The van der Waals surface area contributed by atoms with Gasteiger partial charge in [-0.1, -0.05) is 19.1 Å². The van der Waals surface area contributed by atoms with Crippen LogP contribution in [0.15, 0.2) is 18.2 Å². The number of aliphatic hydroxyl groups is 1. The maximum absolute atomic E-state index is 11.2. The van der Waals surface area contributed by atoms with Gasteiger partial charge in [-0.05, 0) is 41.9 Å². The molecule has 0 bridgehead atoms. The fourth-order valence-corrected chi connectivity index (χ4v) is 2.55. The van der Waals surface area contributed by atoms with Gasteiger partial charge in [-0.15, -0.1) is 0 Å². The Balaban J connectivity index is 2.00. The van der Waals surface area contributed by atoms with E-state index in [0.717, 1.165) is 17.5 Å². The minimum Gasteiger partial charge on any atom is -0.508 e. The number of amides is 1. The van der Waals surface area contributed by atoms with Crippen LogP contribution >= 0.6 is 0 Å². The van der Waals surface area contributed by atoms with Crippen LogP contribution in [0.5, 0.6) is 5.75 Å². The van der Waals surface area contributed by atoms with E-state index in [9.17, 15) is 9.90 Å². The second kappa shape index (κ2) is 6.06. The Bertz CT molecular complexity index is 459. The van der Waals surface area contributed by atoms with Crippen molar-refractivity contribution in [3.8, 4) is 5.75 Å². The highest BCUT2D eigenvalue weighted by molar-refractivity contribution is 5.75. The number of hydrogen-bond donors (Lipinski definition) is 3. The number of phenols is 1. The first-order valence-corrected chi connectivity index (χ1v) is 6.85. The van der Waals surface area contributed by atoms with E-state index in [2.05, 4.69) is 5.32 Å². The van der Waals surface area contributed by atoms with Gasteiger partial charge in [-0.2, -0.15) is 0 Å². The summed E-state index contributed by atoms with van der Waals surface area (Å²) in [7, 11) is 0. The molecule has 3 N–H and O–H groups in total. The van der Waals surface area contributed by atoms with Crippen LogP contribution in [0.4, 0.5) is 0 Å². The van der Waals surface area contributed by atoms with Crippen LogP contribution in [-0.4, -0.2) is 29.3 Å². The molecule has 4 heteroatoms. The maximum atomic E-state index is 11.2. The minimum absolute atomic E-state index is 0.0362. The SMILES string of the molecule is CCC(=O)NC[C@@H]1CC1c1cccc(O)c1CCO. The summed E-state index contributed by atoms with van der Waals surface area (Å²) in [5.41, 5.74) is 1.96. The van der Waals surface area contributed by atoms with E-state index in [1.165, 1.54) is 0 Å². The second-order valence-corrected chi connectivity index (χ2v) is 5.08. The molecule has 104 valence electrons. The van der Waals surface area contributed by atoms with Crippen LogP contribution in [0, 0.1) is 5.92 Å². The predicted molar refractivity (Wildman–Crippen MR) is 73.0 cm³/mol. The van der Waals surface area contributed by atoms with Crippen molar-refractivity contribution in [1.29, 1.82) is 0 Å². The summed E-state index contributed by atoms with van der Waals surface area (Å²) in [5, 5.41) is 21.8. The molecule has 1 fully saturated rings. The molecule has 0 saturated heterocycles. The van der Waals surface area contributed by atoms with Crippen molar-refractivity contribution in [2.75, 3.05) is 13.2 Å². The third-order valence-corrected chi connectivity index (χ3v) is 3.75. The molecule has 0 heterocycles. The Kier molecular flexibility index (Phi) is 4.43. The fraction of sp³-hybridized carbons (Fsp3) is 0.533. The first kappa shape index (κ1) is 13.9. The number of hydrogen-bond acceptors (Lipinski definition) is 3. The number of carbonyl (C=O) groups is 1. The quantitative estimate of drug-likeness (QED) is 0.729. The van der Waals surface area contributed by atoms with Crippen molar-refractivity contribution in [3.63, 3.8) is 0 Å². The van der Waals surface area contributed by atoms with Gasteiger partial charge in [-0.3, -0.25) is 4.79 Å². The topological polar surface area (TPSA) is 69.6 Å². The Morgan fingerprint density at radius 2 is 2.26 bits per heavy atom. The Morgan fingerprint density at radius 1 is 1.47 bits per heavy atom. The molecule has 1 unspecified atom stereocenters. The van der Waals surface area contributed by atoms with Gasteiger partial charge in [-0.25, -0.2) is 0 Å². The van der Waals surface area contributed by atoms with Crippen LogP contribution in [-0.2, 0) is 11.2 Å². The summed E-state index contributed by atoms with van der Waals surface area (Å²) in [5.74, 6) is 1.19. The molecule has 0 aliphatic heterocycles. The summed E-state index contributed by atoms with van der Waals surface area (Å²) in [4.78, 5) is 11.2. The van der Waals surface area contributed by atoms with Crippen LogP contribution in [0.2, 0.25) is 0 Å². The highest BCUT2D eigenvalue weighted by Gasteiger charge is 2.39. The van der Waals surface area contributed by atoms with Crippen molar-refractivity contribution in [2.24, 2.45) is 5.92 Å². The Labute approximate surface area is 113 Å². The zero-order valence-corrected chi connectivity index (χ0v) is 11.2. The highest BCUT2D eigenvalue weighted by atomic mass is 16.3. The molecule has 0 radical (unpaired) electrons. The molecule has 0 spiro atoms. The van der Waals surface area contributed by atoms with Gasteiger partial charge in [0.25, 0.3) is 0 Å². The van der Waals surface area contributed by atoms with E-state index in [1.807, 2.05) is 19.1 Å². The van der Waals surface area contributed by atoms with Gasteiger partial charge in [0.2, 0.25) is 5.91 Å². The molecule has 1 aliphatic carbocycles. The number of carbonyl (C=O) groups excluding carboxylic acids is 1. The van der Waals surface area contributed by atoms with E-state index < -0.39 is 0 Å². The second-order valence-electron chi connectivity index (χ2n) is 5.08. The molecule has 1 aliphatic rings. The normalized spacial score (nSPS) is 21.2. The average Bonchev–Trinajstić information content (AvgIpc) is 3.18. The molecule has 1 aromatic rings. The van der Waals surface area contributed by atoms with Gasteiger partial charge in [0.15, 0.2) is 0 Å². The predicted octanol–water partition coefficient (Wildman–Crippen LogP) is 1.56. The summed E-state index contributed by atoms with van der Waals surface area (Å²) in [6.45, 7) is 2.58. The lowest BCUT2D eigenvalue weighted by Gasteiger charge is -2.10. The number of aliphatic hydroxyl groups excluding tert-OH is 1. The van der Waals surface area contributed by atoms with Gasteiger partial charge in [0.05, 0.1) is 0 Å². The van der Waals surface area contributed by atoms with E-state index >= 15 is 0 Å². The van der Waals surface area contributed by atoms with Crippen molar-refractivity contribution >= 4 is 5.91 Å². The van der Waals surface area contributed by atoms with E-state index in [0.29, 0.717) is 31.2 Å². The number of aromatic hydroxyl groups is 1. The van der Waals surface area contributed by atoms with E-state index in [1.54, 1.807) is 6.07 Å². The van der Waals surface area contributed by atoms with Crippen molar-refractivity contribution < 1.29 is 15.0 Å². The summed E-state index contributed by atoms with van der Waals surface area (Å²) in [6.07, 6.45) is 2.03. The molecule has 1 aromatic carbocycles. The standard InChI is InChI=1S/C15H21NO3/c1-2-15(19)16-9-10-8-13(10)11-4-3-5-14(18)12(11)6-7-17/h3-5,10,13,17-18H,2,6-9H2,1H3,(H,16,19)/t10-,13?/m0/s1. The molecule has 19 heavy (non-hydrogen) atoms. The fourth-order valence-electron chi connectivity index (χ4n) is 2.55.